The first kappa shape index (κ1) is 15.9. The van der Waals surface area contributed by atoms with Gasteiger partial charge in [-0.15, -0.1) is 0 Å². The van der Waals surface area contributed by atoms with E-state index in [2.05, 4.69) is 15.6 Å². The van der Waals surface area contributed by atoms with Crippen molar-refractivity contribution in [3.63, 3.8) is 0 Å². The van der Waals surface area contributed by atoms with E-state index in [0.717, 1.165) is 23.8 Å². The zero-order chi connectivity index (χ0) is 15.9. The zero-order valence-electron chi connectivity index (χ0n) is 12.1. The van der Waals surface area contributed by atoms with Crippen LogP contribution in [0.25, 0.3) is 0 Å². The van der Waals surface area contributed by atoms with Crippen molar-refractivity contribution in [3.05, 3.63) is 65.5 Å². The molecule has 4 nitrogen and oxygen atoms in total. The Morgan fingerprint density at radius 3 is 2.82 bits per heavy atom. The molecule has 0 unspecified atom stereocenters. The van der Waals surface area contributed by atoms with Crippen LogP contribution in [0.5, 0.6) is 0 Å². The Morgan fingerprint density at radius 2 is 2.14 bits per heavy atom. The van der Waals surface area contributed by atoms with Crippen molar-refractivity contribution in [3.8, 4) is 0 Å². The summed E-state index contributed by atoms with van der Waals surface area (Å²) in [5.74, 6) is -1.08. The molecule has 2 N–H and O–H groups in total. The second kappa shape index (κ2) is 7.49. The van der Waals surface area contributed by atoms with Gasteiger partial charge in [0.1, 0.15) is 11.6 Å². The molecule has 1 aromatic heterocycles. The van der Waals surface area contributed by atoms with Crippen molar-refractivity contribution >= 4 is 6.03 Å². The fraction of sp³-hybridized carbons (Fsp3) is 0.250. The monoisotopic (exact) mass is 305 g/mol. The molecule has 2 rings (SSSR count). The summed E-state index contributed by atoms with van der Waals surface area (Å²) in [7, 11) is 0. The van der Waals surface area contributed by atoms with Gasteiger partial charge in [0.25, 0.3) is 0 Å². The molecule has 0 saturated carbocycles. The minimum absolute atomic E-state index is 0.138. The van der Waals surface area contributed by atoms with Crippen LogP contribution < -0.4 is 10.6 Å². The molecule has 0 saturated heterocycles. The number of nitrogens with one attached hydrogen (secondary N) is 2. The Bertz CT molecular complexity index is 635. The van der Waals surface area contributed by atoms with E-state index >= 15 is 0 Å². The first-order chi connectivity index (χ1) is 10.6. The summed E-state index contributed by atoms with van der Waals surface area (Å²) in [4.78, 5) is 15.8. The lowest BCUT2D eigenvalue weighted by Gasteiger charge is -2.18. The van der Waals surface area contributed by atoms with Gasteiger partial charge in [0.15, 0.2) is 0 Å². The second-order valence-corrected chi connectivity index (χ2v) is 4.81. The number of hydrogen-bond donors (Lipinski definition) is 2. The van der Waals surface area contributed by atoms with Crippen LogP contribution in [-0.2, 0) is 6.54 Å². The molecule has 0 bridgehead atoms. The predicted octanol–water partition coefficient (Wildman–Crippen LogP) is 3.31. The maximum atomic E-state index is 13.8. The number of amides is 2. The lowest BCUT2D eigenvalue weighted by atomic mass is 10.0. The lowest BCUT2D eigenvalue weighted by Crippen LogP contribution is -2.37. The normalized spacial score (nSPS) is 11.8. The molecule has 0 aliphatic rings. The summed E-state index contributed by atoms with van der Waals surface area (Å²) in [5.41, 5.74) is 0.988. The topological polar surface area (TPSA) is 54.0 Å². The first-order valence-corrected chi connectivity index (χ1v) is 6.98. The average Bonchev–Trinajstić information content (AvgIpc) is 2.54. The summed E-state index contributed by atoms with van der Waals surface area (Å²) < 4.78 is 27.0. The SMILES string of the molecule is CC[C@H](NC(=O)NCc1cccnc1)c1cc(F)ccc1F. The molecule has 0 aliphatic carbocycles. The smallest absolute Gasteiger partial charge is 0.315 e. The molecule has 0 radical (unpaired) electrons. The van der Waals surface area contributed by atoms with Crippen molar-refractivity contribution in [2.75, 3.05) is 0 Å². The molecule has 1 aromatic carbocycles. The first-order valence-electron chi connectivity index (χ1n) is 6.98. The molecule has 1 heterocycles. The van der Waals surface area contributed by atoms with Crippen LogP contribution >= 0.6 is 0 Å². The molecule has 0 aliphatic heterocycles. The summed E-state index contributed by atoms with van der Waals surface area (Å²) in [6.45, 7) is 2.10. The third-order valence-electron chi connectivity index (χ3n) is 3.22. The standard InChI is InChI=1S/C16H17F2N3O/c1-2-15(13-8-12(17)5-6-14(13)18)21-16(22)20-10-11-4-3-7-19-9-11/h3-9,15H,2,10H2,1H3,(H2,20,21,22)/t15-/m0/s1. The highest BCUT2D eigenvalue weighted by Crippen LogP contribution is 2.21. The van der Waals surface area contributed by atoms with E-state index < -0.39 is 23.7 Å². The molecular formula is C16H17F2N3O. The van der Waals surface area contributed by atoms with Crippen LogP contribution in [0.1, 0.15) is 30.5 Å². The summed E-state index contributed by atoms with van der Waals surface area (Å²) in [6.07, 6.45) is 3.73. The van der Waals surface area contributed by atoms with Gasteiger partial charge in [-0.2, -0.15) is 0 Å². The van der Waals surface area contributed by atoms with Gasteiger partial charge in [0.05, 0.1) is 6.04 Å². The fourth-order valence-electron chi connectivity index (χ4n) is 2.08. The number of benzene rings is 1. The van der Waals surface area contributed by atoms with Crippen LogP contribution in [0.4, 0.5) is 13.6 Å². The third kappa shape index (κ3) is 4.25. The quantitative estimate of drug-likeness (QED) is 0.890. The van der Waals surface area contributed by atoms with Crippen LogP contribution in [0.2, 0.25) is 0 Å². The Hall–Kier alpha value is -2.50. The van der Waals surface area contributed by atoms with E-state index in [0.29, 0.717) is 13.0 Å². The van der Waals surface area contributed by atoms with Crippen LogP contribution in [-0.4, -0.2) is 11.0 Å². The highest BCUT2D eigenvalue weighted by Gasteiger charge is 2.17. The highest BCUT2D eigenvalue weighted by atomic mass is 19.1. The van der Waals surface area contributed by atoms with Crippen molar-refractivity contribution in [1.29, 1.82) is 0 Å². The number of urea groups is 1. The van der Waals surface area contributed by atoms with Crippen molar-refractivity contribution in [2.45, 2.75) is 25.9 Å². The van der Waals surface area contributed by atoms with Gasteiger partial charge in [-0.25, -0.2) is 13.6 Å². The Kier molecular flexibility index (Phi) is 5.41. The van der Waals surface area contributed by atoms with Gasteiger partial charge < -0.3 is 10.6 Å². The molecule has 1 atom stereocenters. The molecule has 2 amide bonds. The minimum atomic E-state index is -0.593. The van der Waals surface area contributed by atoms with E-state index in [1.807, 2.05) is 6.07 Å². The summed E-state index contributed by atoms with van der Waals surface area (Å²) >= 11 is 0. The molecule has 22 heavy (non-hydrogen) atoms. The summed E-state index contributed by atoms with van der Waals surface area (Å²) in [6, 6.07) is 5.77. The molecule has 2 aromatic rings. The van der Waals surface area contributed by atoms with Gasteiger partial charge >= 0.3 is 6.03 Å². The molecule has 0 fully saturated rings. The molecule has 6 heteroatoms. The maximum Gasteiger partial charge on any atom is 0.315 e. The van der Waals surface area contributed by atoms with Crippen LogP contribution in [0.15, 0.2) is 42.7 Å². The number of rotatable bonds is 5. The Morgan fingerprint density at radius 1 is 1.32 bits per heavy atom. The van der Waals surface area contributed by atoms with Crippen molar-refractivity contribution in [2.24, 2.45) is 0 Å². The van der Waals surface area contributed by atoms with E-state index in [4.69, 9.17) is 0 Å². The molecule has 0 spiro atoms. The molecular weight excluding hydrogens is 288 g/mol. The van der Waals surface area contributed by atoms with Crippen molar-refractivity contribution < 1.29 is 13.6 Å². The number of pyridine rings is 1. The van der Waals surface area contributed by atoms with E-state index in [-0.39, 0.29) is 5.56 Å². The number of nitrogens with zero attached hydrogens (tertiary/aromatic N) is 1. The van der Waals surface area contributed by atoms with Crippen LogP contribution in [0, 0.1) is 11.6 Å². The van der Waals surface area contributed by atoms with E-state index in [1.54, 1.807) is 25.4 Å². The second-order valence-electron chi connectivity index (χ2n) is 4.81. The highest BCUT2D eigenvalue weighted by molar-refractivity contribution is 5.74. The van der Waals surface area contributed by atoms with E-state index in [1.165, 1.54) is 0 Å². The Labute approximate surface area is 127 Å². The number of aromatic nitrogens is 1. The maximum absolute atomic E-state index is 13.8. The van der Waals surface area contributed by atoms with Gasteiger partial charge in [0.2, 0.25) is 0 Å². The lowest BCUT2D eigenvalue weighted by molar-refractivity contribution is 0.236. The van der Waals surface area contributed by atoms with Gasteiger partial charge in [-0.1, -0.05) is 13.0 Å². The molecule has 116 valence electrons. The fourth-order valence-corrected chi connectivity index (χ4v) is 2.08. The Balaban J connectivity index is 1.97. The van der Waals surface area contributed by atoms with Gasteiger partial charge in [-0.05, 0) is 36.2 Å². The van der Waals surface area contributed by atoms with E-state index in [9.17, 15) is 13.6 Å². The number of carbonyl (C=O) groups is 1. The largest absolute Gasteiger partial charge is 0.334 e. The summed E-state index contributed by atoms with van der Waals surface area (Å²) in [5, 5.41) is 5.31. The number of halogens is 2. The minimum Gasteiger partial charge on any atom is -0.334 e. The predicted molar refractivity (Wildman–Crippen MR) is 79.0 cm³/mol. The average molecular weight is 305 g/mol. The number of carbonyl (C=O) groups excluding carboxylic acids is 1. The zero-order valence-corrected chi connectivity index (χ0v) is 12.1. The van der Waals surface area contributed by atoms with Gasteiger partial charge in [0, 0.05) is 24.5 Å². The van der Waals surface area contributed by atoms with Crippen LogP contribution in [0.3, 0.4) is 0 Å². The van der Waals surface area contributed by atoms with Crippen molar-refractivity contribution in [1.82, 2.24) is 15.6 Å². The third-order valence-corrected chi connectivity index (χ3v) is 3.22. The van der Waals surface area contributed by atoms with Gasteiger partial charge in [-0.3, -0.25) is 4.98 Å². The number of hydrogen-bond acceptors (Lipinski definition) is 2.